The van der Waals surface area contributed by atoms with E-state index in [2.05, 4.69) is 10.3 Å². The van der Waals surface area contributed by atoms with Gasteiger partial charge >= 0.3 is 5.69 Å². The normalized spacial score (nSPS) is 29.2. The van der Waals surface area contributed by atoms with Gasteiger partial charge in [0.2, 0.25) is 0 Å². The van der Waals surface area contributed by atoms with Crippen LogP contribution in [0, 0.1) is 6.92 Å². The Morgan fingerprint density at radius 1 is 1.53 bits per heavy atom. The highest BCUT2D eigenvalue weighted by atomic mass is 16.3. The van der Waals surface area contributed by atoms with Crippen LogP contribution in [0.1, 0.15) is 24.9 Å². The summed E-state index contributed by atoms with van der Waals surface area (Å²) < 4.78 is 1.43. The Bertz CT molecular complexity index is 529. The Balaban J connectivity index is 2.49. The fourth-order valence-electron chi connectivity index (χ4n) is 2.27. The molecule has 1 aromatic rings. The van der Waals surface area contributed by atoms with Gasteiger partial charge in [-0.2, -0.15) is 0 Å². The third-order valence-electron chi connectivity index (χ3n) is 3.28. The van der Waals surface area contributed by atoms with Gasteiger partial charge in [-0.3, -0.25) is 14.3 Å². The average molecular weight is 239 g/mol. The maximum absolute atomic E-state index is 11.8. The van der Waals surface area contributed by atoms with Gasteiger partial charge in [0.1, 0.15) is 0 Å². The molecule has 0 aromatic carbocycles. The molecule has 2 atom stereocenters. The smallest absolute Gasteiger partial charge is 0.328 e. The number of aryl methyl sites for hydroxylation is 1. The number of rotatable bonds is 1. The minimum absolute atomic E-state index is 0.313. The lowest BCUT2D eigenvalue weighted by Crippen LogP contribution is -2.53. The zero-order valence-electron chi connectivity index (χ0n) is 9.99. The van der Waals surface area contributed by atoms with E-state index in [1.807, 2.05) is 0 Å². The number of nitrogens with zero attached hydrogens (tertiary/aromatic N) is 1. The van der Waals surface area contributed by atoms with Crippen molar-refractivity contribution in [2.45, 2.75) is 31.9 Å². The van der Waals surface area contributed by atoms with E-state index in [-0.39, 0.29) is 11.6 Å². The summed E-state index contributed by atoms with van der Waals surface area (Å²) in [5.41, 5.74) is -1.36. The third-order valence-corrected chi connectivity index (χ3v) is 3.28. The highest BCUT2D eigenvalue weighted by Crippen LogP contribution is 2.26. The van der Waals surface area contributed by atoms with E-state index in [4.69, 9.17) is 0 Å². The van der Waals surface area contributed by atoms with Gasteiger partial charge in [0.15, 0.2) is 0 Å². The summed E-state index contributed by atoms with van der Waals surface area (Å²) in [7, 11) is 0. The lowest BCUT2D eigenvalue weighted by molar-refractivity contribution is -0.0146. The van der Waals surface area contributed by atoms with Crippen molar-refractivity contribution >= 4 is 0 Å². The summed E-state index contributed by atoms with van der Waals surface area (Å²) in [6.07, 6.45) is 2.17. The summed E-state index contributed by atoms with van der Waals surface area (Å²) in [5.74, 6) is 0. The maximum atomic E-state index is 11.8. The number of aromatic nitrogens is 2. The molecule has 3 N–H and O–H groups in total. The number of β-amino-alcohol motifs (C(OH)–C–C–N with tert-alkyl or cyclic N) is 1. The number of aromatic amines is 1. The standard InChI is InChI=1S/C11H17N3O3/c1-7-5-14(10(16)13-9(7)15)8-3-4-12-6-11(8,2)17/h5,8,12,17H,3-4,6H2,1-2H3,(H,13,15,16)/t8-,11-/m0/s1. The van der Waals surface area contributed by atoms with Gasteiger partial charge in [0.05, 0.1) is 11.6 Å². The minimum atomic E-state index is -0.993. The highest BCUT2D eigenvalue weighted by Gasteiger charge is 2.36. The molecule has 1 fully saturated rings. The molecule has 2 heterocycles. The predicted octanol–water partition coefficient (Wildman–Crippen LogP) is -0.870. The zero-order valence-corrected chi connectivity index (χ0v) is 9.99. The number of hydrogen-bond donors (Lipinski definition) is 3. The van der Waals surface area contributed by atoms with Crippen LogP contribution in [0.15, 0.2) is 15.8 Å². The summed E-state index contributed by atoms with van der Waals surface area (Å²) >= 11 is 0. The molecule has 1 aliphatic heterocycles. The first-order valence-electron chi connectivity index (χ1n) is 5.67. The van der Waals surface area contributed by atoms with Crippen molar-refractivity contribution in [3.8, 4) is 0 Å². The van der Waals surface area contributed by atoms with Crippen LogP contribution in [-0.4, -0.2) is 33.3 Å². The van der Waals surface area contributed by atoms with Gasteiger partial charge in [0, 0.05) is 18.3 Å². The summed E-state index contributed by atoms with van der Waals surface area (Å²) in [4.78, 5) is 25.3. The molecule has 94 valence electrons. The maximum Gasteiger partial charge on any atom is 0.328 e. The summed E-state index contributed by atoms with van der Waals surface area (Å²) in [5, 5.41) is 13.3. The van der Waals surface area contributed by atoms with Crippen molar-refractivity contribution in [1.82, 2.24) is 14.9 Å². The molecule has 0 amide bonds. The number of piperidine rings is 1. The molecule has 0 unspecified atom stereocenters. The minimum Gasteiger partial charge on any atom is -0.387 e. The van der Waals surface area contributed by atoms with Gasteiger partial charge in [-0.1, -0.05) is 0 Å². The lowest BCUT2D eigenvalue weighted by atomic mass is 9.90. The van der Waals surface area contributed by atoms with Crippen molar-refractivity contribution in [3.05, 3.63) is 32.6 Å². The van der Waals surface area contributed by atoms with Crippen molar-refractivity contribution in [2.75, 3.05) is 13.1 Å². The second kappa shape index (κ2) is 4.12. The van der Waals surface area contributed by atoms with E-state index in [0.29, 0.717) is 18.5 Å². The van der Waals surface area contributed by atoms with E-state index in [0.717, 1.165) is 6.54 Å². The van der Waals surface area contributed by atoms with Crippen LogP contribution >= 0.6 is 0 Å². The molecule has 6 nitrogen and oxygen atoms in total. The van der Waals surface area contributed by atoms with Gasteiger partial charge in [0.25, 0.3) is 5.56 Å². The van der Waals surface area contributed by atoms with Gasteiger partial charge < -0.3 is 10.4 Å². The molecule has 1 aliphatic rings. The fraction of sp³-hybridized carbons (Fsp3) is 0.636. The van der Waals surface area contributed by atoms with E-state index >= 15 is 0 Å². The second-order valence-corrected chi connectivity index (χ2v) is 4.82. The van der Waals surface area contributed by atoms with Crippen molar-refractivity contribution in [2.24, 2.45) is 0 Å². The van der Waals surface area contributed by atoms with E-state index in [9.17, 15) is 14.7 Å². The highest BCUT2D eigenvalue weighted by molar-refractivity contribution is 5.04. The summed E-state index contributed by atoms with van der Waals surface area (Å²) in [6.45, 7) is 4.51. The predicted molar refractivity (Wildman–Crippen MR) is 63.2 cm³/mol. The molecule has 17 heavy (non-hydrogen) atoms. The molecule has 0 radical (unpaired) electrons. The van der Waals surface area contributed by atoms with Gasteiger partial charge in [-0.15, -0.1) is 0 Å². The van der Waals surface area contributed by atoms with Crippen LogP contribution < -0.4 is 16.6 Å². The molecule has 1 aromatic heterocycles. The van der Waals surface area contributed by atoms with Crippen LogP contribution in [0.5, 0.6) is 0 Å². The molecule has 0 aliphatic carbocycles. The van der Waals surface area contributed by atoms with Crippen LogP contribution in [-0.2, 0) is 0 Å². The Morgan fingerprint density at radius 3 is 2.88 bits per heavy atom. The lowest BCUT2D eigenvalue weighted by Gasteiger charge is -2.38. The largest absolute Gasteiger partial charge is 0.387 e. The molecule has 6 heteroatoms. The van der Waals surface area contributed by atoms with Crippen molar-refractivity contribution in [3.63, 3.8) is 0 Å². The fourth-order valence-corrected chi connectivity index (χ4v) is 2.27. The zero-order chi connectivity index (χ0) is 12.6. The van der Waals surface area contributed by atoms with E-state index in [1.165, 1.54) is 10.8 Å². The first-order chi connectivity index (χ1) is 7.92. The number of nitrogens with one attached hydrogen (secondary N) is 2. The topological polar surface area (TPSA) is 87.1 Å². The molecule has 1 saturated heterocycles. The molecule has 2 rings (SSSR count). The van der Waals surface area contributed by atoms with E-state index in [1.54, 1.807) is 13.8 Å². The van der Waals surface area contributed by atoms with Gasteiger partial charge in [-0.05, 0) is 26.8 Å². The molecule has 0 spiro atoms. The number of hydrogen-bond acceptors (Lipinski definition) is 4. The van der Waals surface area contributed by atoms with Crippen LogP contribution in [0.2, 0.25) is 0 Å². The Kier molecular flexibility index (Phi) is 2.92. The second-order valence-electron chi connectivity index (χ2n) is 4.82. The Labute approximate surface area is 98.3 Å². The van der Waals surface area contributed by atoms with Crippen molar-refractivity contribution < 1.29 is 5.11 Å². The number of aliphatic hydroxyl groups is 1. The van der Waals surface area contributed by atoms with E-state index < -0.39 is 11.3 Å². The number of H-pyrrole nitrogens is 1. The van der Waals surface area contributed by atoms with Gasteiger partial charge in [-0.25, -0.2) is 4.79 Å². The molecular weight excluding hydrogens is 222 g/mol. The Morgan fingerprint density at radius 2 is 2.24 bits per heavy atom. The van der Waals surface area contributed by atoms with Crippen LogP contribution in [0.25, 0.3) is 0 Å². The van der Waals surface area contributed by atoms with Crippen LogP contribution in [0.3, 0.4) is 0 Å². The third kappa shape index (κ3) is 2.18. The average Bonchev–Trinajstić information content (AvgIpc) is 2.23. The van der Waals surface area contributed by atoms with Crippen molar-refractivity contribution in [1.29, 1.82) is 0 Å². The molecular formula is C11H17N3O3. The molecule has 0 bridgehead atoms. The first kappa shape index (κ1) is 12.1. The Hall–Kier alpha value is -1.40. The van der Waals surface area contributed by atoms with Crippen LogP contribution in [0.4, 0.5) is 0 Å². The quantitative estimate of drug-likeness (QED) is 0.594. The monoisotopic (exact) mass is 239 g/mol. The SMILES string of the molecule is Cc1cn([C@H]2CCNC[C@]2(C)O)c(=O)[nH]c1=O. The molecule has 0 saturated carbocycles. The summed E-state index contributed by atoms with van der Waals surface area (Å²) in [6, 6.07) is -0.313. The first-order valence-corrected chi connectivity index (χ1v) is 5.67.